The van der Waals surface area contributed by atoms with Crippen molar-refractivity contribution in [2.75, 3.05) is 19.4 Å². The van der Waals surface area contributed by atoms with E-state index in [1.54, 1.807) is 45.3 Å². The molecule has 0 unspecified atom stereocenters. The Morgan fingerprint density at radius 1 is 1.07 bits per heavy atom. The van der Waals surface area contributed by atoms with E-state index in [1.165, 1.54) is 9.47 Å². The zero-order valence-electron chi connectivity index (χ0n) is 16.3. The van der Waals surface area contributed by atoms with Crippen molar-refractivity contribution in [3.05, 3.63) is 74.8 Å². The molecule has 1 heterocycles. The van der Waals surface area contributed by atoms with Crippen molar-refractivity contribution in [2.24, 2.45) is 0 Å². The molecule has 7 nitrogen and oxygen atoms in total. The molecule has 8 heteroatoms. The van der Waals surface area contributed by atoms with Crippen molar-refractivity contribution in [1.29, 1.82) is 0 Å². The fraction of sp³-hybridized carbons (Fsp3) is 0.190. The summed E-state index contributed by atoms with van der Waals surface area (Å²) in [5, 5.41) is 2.79. The van der Waals surface area contributed by atoms with Gasteiger partial charge >= 0.3 is 4.87 Å². The Bertz CT molecular complexity index is 1090. The Morgan fingerprint density at radius 3 is 2.45 bits per heavy atom. The molecule has 0 bridgehead atoms. The third kappa shape index (κ3) is 4.91. The zero-order valence-corrected chi connectivity index (χ0v) is 17.2. The van der Waals surface area contributed by atoms with E-state index in [1.807, 2.05) is 30.3 Å². The van der Waals surface area contributed by atoms with Gasteiger partial charge < -0.3 is 15.0 Å². The first kappa shape index (κ1) is 20.3. The summed E-state index contributed by atoms with van der Waals surface area (Å²) in [5.74, 6) is 0.643. The Balaban J connectivity index is 1.76. The van der Waals surface area contributed by atoms with E-state index in [2.05, 4.69) is 5.32 Å². The lowest BCUT2D eigenvalue weighted by Gasteiger charge is -2.11. The number of thiazole rings is 1. The largest absolute Gasteiger partial charge is 0.457 e. The normalized spacial score (nSPS) is 10.4. The average molecular weight is 411 g/mol. The van der Waals surface area contributed by atoms with Crippen LogP contribution in [0.3, 0.4) is 0 Å². The third-order valence-corrected chi connectivity index (χ3v) is 5.29. The summed E-state index contributed by atoms with van der Waals surface area (Å²) in [6.45, 7) is 1.56. The number of likely N-dealkylation sites (N-methyl/N-ethyl adjacent to an activating group) is 1. The van der Waals surface area contributed by atoms with Crippen LogP contribution < -0.4 is 14.9 Å². The van der Waals surface area contributed by atoms with Gasteiger partial charge in [-0.1, -0.05) is 35.6 Å². The molecule has 0 spiro atoms. The summed E-state index contributed by atoms with van der Waals surface area (Å²) < 4.78 is 7.09. The zero-order chi connectivity index (χ0) is 21.0. The molecule has 0 atom stereocenters. The van der Waals surface area contributed by atoms with Crippen LogP contribution in [0.15, 0.2) is 59.4 Å². The van der Waals surface area contributed by atoms with Crippen LogP contribution in [0.1, 0.15) is 15.4 Å². The number of benzene rings is 2. The Kier molecular flexibility index (Phi) is 6.13. The summed E-state index contributed by atoms with van der Waals surface area (Å²) in [4.78, 5) is 38.2. The van der Waals surface area contributed by atoms with E-state index in [-0.39, 0.29) is 22.2 Å². The maximum absolute atomic E-state index is 12.7. The number of carbonyl (C=O) groups excluding carboxylic acids is 2. The number of rotatable bonds is 6. The van der Waals surface area contributed by atoms with Crippen molar-refractivity contribution in [1.82, 2.24) is 9.47 Å². The standard InChI is InChI=1S/C21H21N3O4S/c1-14-19(29-21(27)24(14)13-18(25)23(2)3)20(26)22-15-8-7-11-17(12-15)28-16-9-5-4-6-10-16/h4-12H,13H2,1-3H3,(H,22,26). The average Bonchev–Trinajstić information content (AvgIpc) is 2.97. The molecule has 0 fully saturated rings. The quantitative estimate of drug-likeness (QED) is 0.675. The molecule has 29 heavy (non-hydrogen) atoms. The molecule has 0 aliphatic rings. The molecule has 3 aromatic rings. The molecule has 0 saturated heterocycles. The maximum atomic E-state index is 12.7. The summed E-state index contributed by atoms with van der Waals surface area (Å²) in [7, 11) is 3.24. The van der Waals surface area contributed by atoms with Gasteiger partial charge in [0.25, 0.3) is 5.91 Å². The molecule has 1 N–H and O–H groups in total. The first-order valence-electron chi connectivity index (χ1n) is 8.90. The SMILES string of the molecule is Cc1c(C(=O)Nc2cccc(Oc3ccccc3)c2)sc(=O)n1CC(=O)N(C)C. The summed E-state index contributed by atoms with van der Waals surface area (Å²) in [6.07, 6.45) is 0. The Hall–Kier alpha value is -3.39. The molecule has 150 valence electrons. The van der Waals surface area contributed by atoms with Gasteiger partial charge in [-0.25, -0.2) is 0 Å². The van der Waals surface area contributed by atoms with Gasteiger partial charge in [-0.3, -0.25) is 19.0 Å². The van der Waals surface area contributed by atoms with E-state index in [0.29, 0.717) is 22.9 Å². The number of nitrogens with one attached hydrogen (secondary N) is 1. The Morgan fingerprint density at radius 2 is 1.76 bits per heavy atom. The second-order valence-electron chi connectivity index (χ2n) is 6.55. The van der Waals surface area contributed by atoms with Crippen LogP contribution in [0.25, 0.3) is 0 Å². The number of nitrogens with zero attached hydrogens (tertiary/aromatic N) is 2. The predicted octanol–water partition coefficient (Wildman–Crippen LogP) is 3.35. The lowest BCUT2D eigenvalue weighted by Crippen LogP contribution is -2.30. The molecule has 0 radical (unpaired) electrons. The fourth-order valence-corrected chi connectivity index (χ4v) is 3.48. The minimum absolute atomic E-state index is 0.0954. The van der Waals surface area contributed by atoms with Crippen LogP contribution in [-0.4, -0.2) is 35.4 Å². The monoisotopic (exact) mass is 411 g/mol. The summed E-state index contributed by atoms with van der Waals surface area (Å²) in [6, 6.07) is 16.3. The second kappa shape index (κ2) is 8.74. The fourth-order valence-electron chi connectivity index (χ4n) is 2.60. The molecular formula is C21H21N3O4S. The van der Waals surface area contributed by atoms with E-state index in [0.717, 1.165) is 11.3 Å². The van der Waals surface area contributed by atoms with Gasteiger partial charge in [0.1, 0.15) is 22.9 Å². The third-order valence-electron chi connectivity index (χ3n) is 4.21. The maximum Gasteiger partial charge on any atom is 0.308 e. The van der Waals surface area contributed by atoms with Gasteiger partial charge in [-0.15, -0.1) is 0 Å². The number of amides is 2. The van der Waals surface area contributed by atoms with Crippen molar-refractivity contribution in [2.45, 2.75) is 13.5 Å². The highest BCUT2D eigenvalue weighted by Gasteiger charge is 2.20. The van der Waals surface area contributed by atoms with Crippen molar-refractivity contribution in [3.8, 4) is 11.5 Å². The van der Waals surface area contributed by atoms with Crippen LogP contribution in [-0.2, 0) is 11.3 Å². The molecule has 3 rings (SSSR count). The highest BCUT2D eigenvalue weighted by Crippen LogP contribution is 2.24. The highest BCUT2D eigenvalue weighted by molar-refractivity contribution is 7.11. The van der Waals surface area contributed by atoms with E-state index in [4.69, 9.17) is 4.74 Å². The highest BCUT2D eigenvalue weighted by atomic mass is 32.1. The molecule has 2 amide bonds. The van der Waals surface area contributed by atoms with Crippen LogP contribution in [0, 0.1) is 6.92 Å². The van der Waals surface area contributed by atoms with E-state index < -0.39 is 5.91 Å². The van der Waals surface area contributed by atoms with Gasteiger partial charge in [0.05, 0.1) is 0 Å². The van der Waals surface area contributed by atoms with E-state index >= 15 is 0 Å². The van der Waals surface area contributed by atoms with Crippen molar-refractivity contribution >= 4 is 28.8 Å². The second-order valence-corrected chi connectivity index (χ2v) is 7.52. The van der Waals surface area contributed by atoms with Gasteiger partial charge in [-0.2, -0.15) is 0 Å². The number of anilines is 1. The Labute approximate surface area is 172 Å². The topological polar surface area (TPSA) is 80.6 Å². The number of hydrogen-bond acceptors (Lipinski definition) is 5. The number of ether oxygens (including phenoxy) is 1. The molecule has 1 aromatic heterocycles. The first-order chi connectivity index (χ1) is 13.8. The van der Waals surface area contributed by atoms with Crippen molar-refractivity contribution < 1.29 is 14.3 Å². The van der Waals surface area contributed by atoms with Crippen LogP contribution in [0.5, 0.6) is 11.5 Å². The molecule has 2 aromatic carbocycles. The number of hydrogen-bond donors (Lipinski definition) is 1. The van der Waals surface area contributed by atoms with Gasteiger partial charge in [0.2, 0.25) is 5.91 Å². The lowest BCUT2D eigenvalue weighted by atomic mass is 10.2. The predicted molar refractivity (Wildman–Crippen MR) is 113 cm³/mol. The van der Waals surface area contributed by atoms with Crippen LogP contribution >= 0.6 is 11.3 Å². The number of aromatic nitrogens is 1. The number of para-hydroxylation sites is 1. The molecule has 0 aliphatic carbocycles. The van der Waals surface area contributed by atoms with Crippen LogP contribution in [0.4, 0.5) is 5.69 Å². The molecule has 0 aliphatic heterocycles. The number of carbonyl (C=O) groups is 2. The van der Waals surface area contributed by atoms with Gasteiger partial charge in [0, 0.05) is 31.5 Å². The smallest absolute Gasteiger partial charge is 0.308 e. The minimum Gasteiger partial charge on any atom is -0.457 e. The van der Waals surface area contributed by atoms with Gasteiger partial charge in [-0.05, 0) is 31.2 Å². The van der Waals surface area contributed by atoms with Gasteiger partial charge in [0.15, 0.2) is 0 Å². The van der Waals surface area contributed by atoms with Crippen LogP contribution in [0.2, 0.25) is 0 Å². The molecular weight excluding hydrogens is 390 g/mol. The lowest BCUT2D eigenvalue weighted by molar-refractivity contribution is -0.129. The minimum atomic E-state index is -0.405. The summed E-state index contributed by atoms with van der Waals surface area (Å²) >= 11 is 0.822. The first-order valence-corrected chi connectivity index (χ1v) is 9.71. The van der Waals surface area contributed by atoms with Crippen molar-refractivity contribution in [3.63, 3.8) is 0 Å². The summed E-state index contributed by atoms with van der Waals surface area (Å²) in [5.41, 5.74) is 1.00. The van der Waals surface area contributed by atoms with E-state index in [9.17, 15) is 14.4 Å². The molecule has 0 saturated carbocycles.